The van der Waals surface area contributed by atoms with E-state index in [1.54, 1.807) is 0 Å². The van der Waals surface area contributed by atoms with Crippen molar-refractivity contribution in [2.45, 2.75) is 0 Å². The number of nitrogens with zero attached hydrogens (tertiary/aromatic N) is 5. The molecule has 1 aliphatic heterocycles. The summed E-state index contributed by atoms with van der Waals surface area (Å²) in [6.07, 6.45) is 5.30. The van der Waals surface area contributed by atoms with E-state index in [2.05, 4.69) is 155 Å². The van der Waals surface area contributed by atoms with Crippen LogP contribution in [0, 0.1) is 18.5 Å². The van der Waals surface area contributed by atoms with Crippen LogP contribution in [0.2, 0.25) is 0 Å². The fraction of sp³-hybridized carbons (Fsp3) is 0.0204. The molecule has 0 saturated heterocycles. The quantitative estimate of drug-likeness (QED) is 0.128. The zero-order valence-electron chi connectivity index (χ0n) is 30.1. The predicted octanol–water partition coefficient (Wildman–Crippen LogP) is 11.3. The topological polar surface area (TPSA) is 39.1 Å². The summed E-state index contributed by atoms with van der Waals surface area (Å²) in [6, 6.07) is 64.0. The number of anilines is 3. The van der Waals surface area contributed by atoms with Gasteiger partial charge in [-0.15, -0.1) is 29.7 Å². The number of hydrogen-bond acceptors (Lipinski definition) is 3. The van der Waals surface area contributed by atoms with E-state index in [4.69, 9.17) is 9.72 Å². The molecule has 270 valence electrons. The van der Waals surface area contributed by atoms with Gasteiger partial charge in [0.1, 0.15) is 5.82 Å². The Bertz CT molecular complexity index is 3060. The first kappa shape index (κ1) is 33.8. The van der Waals surface area contributed by atoms with Crippen molar-refractivity contribution in [3.8, 4) is 45.3 Å². The standard InChI is InChI=1S/C49H31N5O.Pt/c1-51-32-52(47-24-11-10-23-46(47)51)33-13-12-14-35(29-33)55-36-25-26-42-41-19-6-9-22-45(41)54(48(42)31-36)49-30-34(27-28-50-49)53-43-20-7-4-17-39(43)37-15-2-3-16-38(37)40-18-5-8-21-44(40)53;/h2-28,30H,1H3;/q-2;. The maximum absolute atomic E-state index is 6.51. The molecule has 4 heterocycles. The molecule has 0 spiro atoms. The van der Waals surface area contributed by atoms with Crippen LogP contribution in [0.15, 0.2) is 170 Å². The smallest absolute Gasteiger partial charge is 0.242 e. The molecule has 0 aliphatic carbocycles. The molecule has 0 radical (unpaired) electrons. The van der Waals surface area contributed by atoms with E-state index in [0.717, 1.165) is 61.4 Å². The van der Waals surface area contributed by atoms with Gasteiger partial charge in [-0.2, -0.15) is 18.2 Å². The van der Waals surface area contributed by atoms with Gasteiger partial charge in [-0.05, 0) is 40.8 Å². The molecule has 7 aromatic carbocycles. The van der Waals surface area contributed by atoms with Crippen LogP contribution in [-0.2, 0) is 28.1 Å². The van der Waals surface area contributed by atoms with Crippen molar-refractivity contribution in [3.05, 3.63) is 188 Å². The molecular formula is C49H31N5OPt-2. The number of pyridine rings is 1. The fourth-order valence-corrected chi connectivity index (χ4v) is 8.12. The third-order valence-corrected chi connectivity index (χ3v) is 10.5. The van der Waals surface area contributed by atoms with Crippen molar-refractivity contribution < 1.29 is 30.4 Å². The average Bonchev–Trinajstić information content (AvgIpc) is 3.71. The van der Waals surface area contributed by atoms with Gasteiger partial charge < -0.3 is 23.3 Å². The first-order chi connectivity index (χ1) is 27.2. The van der Waals surface area contributed by atoms with Gasteiger partial charge >= 0.3 is 0 Å². The number of imidazole rings is 1. The molecule has 0 unspecified atom stereocenters. The van der Waals surface area contributed by atoms with E-state index < -0.39 is 0 Å². The second kappa shape index (κ2) is 13.5. The molecule has 0 N–H and O–H groups in total. The number of aromatic nitrogens is 4. The monoisotopic (exact) mass is 900 g/mol. The number of ether oxygens (including phenoxy) is 1. The van der Waals surface area contributed by atoms with Crippen LogP contribution in [0.4, 0.5) is 17.1 Å². The van der Waals surface area contributed by atoms with Gasteiger partial charge in [-0.3, -0.25) is 0 Å². The van der Waals surface area contributed by atoms with Gasteiger partial charge in [0.2, 0.25) is 6.33 Å². The maximum atomic E-state index is 6.51. The Morgan fingerprint density at radius 1 is 0.571 bits per heavy atom. The summed E-state index contributed by atoms with van der Waals surface area (Å²) in [4.78, 5) is 7.36. The third-order valence-electron chi connectivity index (χ3n) is 10.5. The summed E-state index contributed by atoms with van der Waals surface area (Å²) in [5, 5.41) is 2.18. The van der Waals surface area contributed by atoms with Crippen LogP contribution in [0.1, 0.15) is 0 Å². The van der Waals surface area contributed by atoms with E-state index >= 15 is 0 Å². The van der Waals surface area contributed by atoms with Crippen LogP contribution in [0.3, 0.4) is 0 Å². The van der Waals surface area contributed by atoms with E-state index in [1.807, 2.05) is 58.8 Å². The zero-order chi connectivity index (χ0) is 36.5. The van der Waals surface area contributed by atoms with Gasteiger partial charge in [0.15, 0.2) is 0 Å². The molecule has 3 aromatic heterocycles. The minimum absolute atomic E-state index is 0. The molecule has 56 heavy (non-hydrogen) atoms. The third kappa shape index (κ3) is 5.36. The molecule has 10 aromatic rings. The Balaban J connectivity index is 0.00000384. The molecule has 0 atom stereocenters. The van der Waals surface area contributed by atoms with Gasteiger partial charge in [0.25, 0.3) is 0 Å². The number of hydrogen-bond donors (Lipinski definition) is 0. The summed E-state index contributed by atoms with van der Waals surface area (Å²) in [5.74, 6) is 1.95. The summed E-state index contributed by atoms with van der Waals surface area (Å²) in [7, 11) is 2.00. The van der Waals surface area contributed by atoms with E-state index in [9.17, 15) is 0 Å². The first-order valence-corrected chi connectivity index (χ1v) is 18.3. The van der Waals surface area contributed by atoms with Crippen LogP contribution in [0.5, 0.6) is 11.5 Å². The number of fused-ring (bicyclic) bond motifs is 9. The van der Waals surface area contributed by atoms with Crippen LogP contribution in [-0.4, -0.2) is 14.1 Å². The van der Waals surface area contributed by atoms with Crippen molar-refractivity contribution in [1.29, 1.82) is 0 Å². The summed E-state index contributed by atoms with van der Waals surface area (Å²) >= 11 is 0. The minimum Gasteiger partial charge on any atom is -0.510 e. The largest absolute Gasteiger partial charge is 0.510 e. The molecule has 0 amide bonds. The Kier molecular flexibility index (Phi) is 8.16. The molecular weight excluding hydrogens is 870 g/mol. The van der Waals surface area contributed by atoms with Crippen molar-refractivity contribution in [2.24, 2.45) is 7.05 Å². The molecule has 6 nitrogen and oxygen atoms in total. The molecule has 0 saturated carbocycles. The van der Waals surface area contributed by atoms with Gasteiger partial charge in [0.05, 0.1) is 35.1 Å². The number of para-hydroxylation sites is 5. The zero-order valence-corrected chi connectivity index (χ0v) is 32.4. The molecule has 1 aliphatic rings. The normalized spacial score (nSPS) is 11.8. The summed E-state index contributed by atoms with van der Waals surface area (Å²) in [5.41, 5.74) is 12.9. The van der Waals surface area contributed by atoms with E-state index in [-0.39, 0.29) is 21.1 Å². The van der Waals surface area contributed by atoms with E-state index in [0.29, 0.717) is 11.5 Å². The van der Waals surface area contributed by atoms with Gasteiger partial charge in [-0.1, -0.05) is 114 Å². The molecule has 7 heteroatoms. The molecule has 0 bridgehead atoms. The first-order valence-electron chi connectivity index (χ1n) is 18.3. The van der Waals surface area contributed by atoms with Crippen molar-refractivity contribution >= 4 is 49.9 Å². The Morgan fingerprint density at radius 2 is 1.21 bits per heavy atom. The number of benzene rings is 7. The molecule has 0 fully saturated rings. The SMILES string of the molecule is C[n+]1[c-]n(-c2[c-]c(Oc3[c-]c4c(cc3)c3ccccc3n4-c3cc(N4c5ccccc5-c5ccccc5-c5ccccc54)ccn3)ccc2)c2ccccc21.[Pt]. The van der Waals surface area contributed by atoms with Crippen LogP contribution < -0.4 is 14.2 Å². The summed E-state index contributed by atoms with van der Waals surface area (Å²) < 4.78 is 12.7. The Labute approximate surface area is 338 Å². The van der Waals surface area contributed by atoms with Crippen molar-refractivity contribution in [3.63, 3.8) is 0 Å². The van der Waals surface area contributed by atoms with E-state index in [1.165, 1.54) is 22.3 Å². The predicted molar refractivity (Wildman–Crippen MR) is 219 cm³/mol. The average molecular weight is 901 g/mol. The fourth-order valence-electron chi connectivity index (χ4n) is 8.12. The van der Waals surface area contributed by atoms with Gasteiger partial charge in [0, 0.05) is 61.5 Å². The second-order valence-electron chi connectivity index (χ2n) is 13.7. The Morgan fingerprint density at radius 3 is 1.98 bits per heavy atom. The van der Waals surface area contributed by atoms with Crippen molar-refractivity contribution in [1.82, 2.24) is 14.1 Å². The number of aryl methyl sites for hydroxylation is 1. The maximum Gasteiger partial charge on any atom is 0.242 e. The molecule has 11 rings (SSSR count). The number of rotatable bonds is 5. The minimum atomic E-state index is 0. The van der Waals surface area contributed by atoms with Crippen molar-refractivity contribution in [2.75, 3.05) is 4.90 Å². The van der Waals surface area contributed by atoms with Gasteiger partial charge in [-0.25, -0.2) is 4.98 Å². The summed E-state index contributed by atoms with van der Waals surface area (Å²) in [6.45, 7) is 0. The van der Waals surface area contributed by atoms with Crippen LogP contribution in [0.25, 0.3) is 66.6 Å². The Hall–Kier alpha value is -6.75. The second-order valence-corrected chi connectivity index (χ2v) is 13.7. The van der Waals surface area contributed by atoms with Crippen LogP contribution >= 0.6 is 0 Å².